The molecule has 0 saturated heterocycles. The minimum atomic E-state index is -0.270. The van der Waals surface area contributed by atoms with E-state index in [4.69, 9.17) is 19.7 Å². The number of fused-ring (bicyclic) bond motifs is 4. The van der Waals surface area contributed by atoms with Crippen LogP contribution >= 0.6 is 0 Å². The molecule has 0 atom stereocenters. The summed E-state index contributed by atoms with van der Waals surface area (Å²) in [5.74, 6) is 3.64. The molecule has 1 aromatic heterocycles. The van der Waals surface area contributed by atoms with Crippen molar-refractivity contribution in [3.05, 3.63) is 192 Å². The van der Waals surface area contributed by atoms with Gasteiger partial charge in [-0.05, 0) is 52.6 Å². The van der Waals surface area contributed by atoms with E-state index in [1.807, 2.05) is 60.7 Å². The van der Waals surface area contributed by atoms with E-state index in [2.05, 4.69) is 142 Å². The zero-order chi connectivity index (χ0) is 38.0. The summed E-state index contributed by atoms with van der Waals surface area (Å²) in [5, 5.41) is 0. The molecule has 5 heteroatoms. The Morgan fingerprint density at radius 3 is 1.43 bits per heavy atom. The van der Waals surface area contributed by atoms with E-state index in [-0.39, 0.29) is 10.8 Å². The smallest absolute Gasteiger partial charge is 0.164 e. The van der Waals surface area contributed by atoms with E-state index in [1.54, 1.807) is 0 Å². The third kappa shape index (κ3) is 5.50. The number of benzene rings is 7. The molecule has 2 aliphatic heterocycles. The molecule has 0 radical (unpaired) electrons. The molecule has 0 amide bonds. The molecule has 2 aliphatic rings. The number of aromatic nitrogens is 3. The molecule has 0 unspecified atom stereocenters. The summed E-state index contributed by atoms with van der Waals surface area (Å²) in [5.41, 5.74) is 12.9. The normalized spacial score (nSPS) is 14.5. The van der Waals surface area contributed by atoms with Gasteiger partial charge in [-0.3, -0.25) is 0 Å². The highest BCUT2D eigenvalue weighted by molar-refractivity contribution is 5.87. The lowest BCUT2D eigenvalue weighted by Gasteiger charge is -2.42. The van der Waals surface area contributed by atoms with Crippen LogP contribution in [0.4, 0.5) is 17.1 Å². The Hall–Kier alpha value is -6.85. The van der Waals surface area contributed by atoms with Gasteiger partial charge in [0.15, 0.2) is 17.5 Å². The molecular formula is C51H40N4O. The minimum absolute atomic E-state index is 0.124. The van der Waals surface area contributed by atoms with Crippen LogP contribution in [0.15, 0.2) is 170 Å². The predicted molar refractivity (Wildman–Crippen MR) is 227 cm³/mol. The molecule has 8 aromatic rings. The molecule has 7 aromatic carbocycles. The molecule has 270 valence electrons. The Balaban J connectivity index is 1.03. The van der Waals surface area contributed by atoms with Crippen LogP contribution in [0.2, 0.25) is 0 Å². The third-order valence-corrected chi connectivity index (χ3v) is 11.6. The second-order valence-electron chi connectivity index (χ2n) is 15.7. The molecule has 5 nitrogen and oxygen atoms in total. The average Bonchev–Trinajstić information content (AvgIpc) is 3.24. The first-order valence-electron chi connectivity index (χ1n) is 19.2. The second-order valence-corrected chi connectivity index (χ2v) is 15.7. The van der Waals surface area contributed by atoms with Gasteiger partial charge in [-0.1, -0.05) is 161 Å². The lowest BCUT2D eigenvalue weighted by atomic mass is 9.73. The zero-order valence-electron chi connectivity index (χ0n) is 31.9. The van der Waals surface area contributed by atoms with E-state index < -0.39 is 0 Å². The van der Waals surface area contributed by atoms with Crippen LogP contribution < -0.4 is 9.64 Å². The summed E-state index contributed by atoms with van der Waals surface area (Å²) in [4.78, 5) is 17.2. The first-order chi connectivity index (χ1) is 27.3. The number of hydrogen-bond acceptors (Lipinski definition) is 5. The Kier molecular flexibility index (Phi) is 7.75. The van der Waals surface area contributed by atoms with Gasteiger partial charge in [0.1, 0.15) is 11.5 Å². The third-order valence-electron chi connectivity index (χ3n) is 11.6. The highest BCUT2D eigenvalue weighted by Gasteiger charge is 2.38. The van der Waals surface area contributed by atoms with E-state index in [1.165, 1.54) is 28.1 Å². The van der Waals surface area contributed by atoms with Crippen molar-refractivity contribution in [2.24, 2.45) is 0 Å². The second kappa shape index (κ2) is 12.9. The molecule has 10 rings (SSSR count). The zero-order valence-corrected chi connectivity index (χ0v) is 31.9. The first kappa shape index (κ1) is 33.7. The Morgan fingerprint density at radius 1 is 0.375 bits per heavy atom. The van der Waals surface area contributed by atoms with Crippen LogP contribution in [0, 0.1) is 0 Å². The lowest BCUT2D eigenvalue weighted by Crippen LogP contribution is -2.30. The summed E-state index contributed by atoms with van der Waals surface area (Å²) in [6.07, 6.45) is 0. The van der Waals surface area contributed by atoms with Crippen LogP contribution in [0.1, 0.15) is 49.9 Å². The Morgan fingerprint density at radius 2 is 0.821 bits per heavy atom. The van der Waals surface area contributed by atoms with E-state index in [0.29, 0.717) is 17.5 Å². The molecular weight excluding hydrogens is 685 g/mol. The molecule has 0 aliphatic carbocycles. The highest BCUT2D eigenvalue weighted by Crippen LogP contribution is 2.54. The van der Waals surface area contributed by atoms with Gasteiger partial charge in [-0.15, -0.1) is 0 Å². The van der Waals surface area contributed by atoms with Crippen molar-refractivity contribution in [2.75, 3.05) is 4.90 Å². The summed E-state index contributed by atoms with van der Waals surface area (Å²) in [6.45, 7) is 9.21. The van der Waals surface area contributed by atoms with Crippen molar-refractivity contribution < 1.29 is 4.74 Å². The number of para-hydroxylation sites is 2. The molecule has 0 spiro atoms. The summed E-state index contributed by atoms with van der Waals surface area (Å²) >= 11 is 0. The van der Waals surface area contributed by atoms with Crippen molar-refractivity contribution in [3.8, 4) is 56.8 Å². The Bertz CT molecular complexity index is 2680. The fourth-order valence-electron chi connectivity index (χ4n) is 8.54. The number of ether oxygens (including phenoxy) is 1. The van der Waals surface area contributed by atoms with Crippen molar-refractivity contribution in [2.45, 2.75) is 38.5 Å². The van der Waals surface area contributed by atoms with Crippen molar-refractivity contribution in [1.29, 1.82) is 0 Å². The summed E-state index contributed by atoms with van der Waals surface area (Å²) in [7, 11) is 0. The van der Waals surface area contributed by atoms with Gasteiger partial charge in [-0.25, -0.2) is 15.0 Å². The maximum atomic E-state index is 6.91. The number of nitrogens with zero attached hydrogens (tertiary/aromatic N) is 4. The largest absolute Gasteiger partial charge is 0.457 e. The number of rotatable bonds is 5. The SMILES string of the molecule is CC1(C)c2ccc(-c3cccc(-c4nc(-c5ccccc5)nc(-c5ccccc5)n4)c3)cc2Oc2cc(N3c4ccccc4C(C)(C)c4ccccc43)ccc21. The van der Waals surface area contributed by atoms with E-state index in [0.717, 1.165) is 50.6 Å². The standard InChI is InChI=1S/C51H40N4O/c1-50(2)39-22-11-13-24-43(39)55(44-25-14-12-23-40(44)50)38-27-29-42-46(32-38)56-45-31-36(26-28-41(45)51(42,3)4)35-20-15-21-37(30-35)49-53-47(33-16-7-5-8-17-33)52-48(54-49)34-18-9-6-10-19-34/h5-32H,1-4H3. The van der Waals surface area contributed by atoms with Crippen LogP contribution in [0.3, 0.4) is 0 Å². The topological polar surface area (TPSA) is 51.1 Å². The van der Waals surface area contributed by atoms with Crippen molar-refractivity contribution in [3.63, 3.8) is 0 Å². The van der Waals surface area contributed by atoms with Crippen molar-refractivity contribution >= 4 is 17.1 Å². The highest BCUT2D eigenvalue weighted by atomic mass is 16.5. The first-order valence-corrected chi connectivity index (χ1v) is 19.2. The van der Waals surface area contributed by atoms with Crippen LogP contribution in [-0.2, 0) is 10.8 Å². The van der Waals surface area contributed by atoms with Gasteiger partial charge in [0.25, 0.3) is 0 Å². The predicted octanol–water partition coefficient (Wildman–Crippen LogP) is 13.1. The average molecular weight is 725 g/mol. The molecule has 0 saturated carbocycles. The molecule has 0 bridgehead atoms. The van der Waals surface area contributed by atoms with Crippen molar-refractivity contribution in [1.82, 2.24) is 15.0 Å². The molecule has 3 heterocycles. The Labute approximate surface area is 328 Å². The lowest BCUT2D eigenvalue weighted by molar-refractivity contribution is 0.418. The maximum Gasteiger partial charge on any atom is 0.164 e. The minimum Gasteiger partial charge on any atom is -0.457 e. The molecule has 56 heavy (non-hydrogen) atoms. The van der Waals surface area contributed by atoms with Gasteiger partial charge in [0.2, 0.25) is 0 Å². The molecule has 0 fully saturated rings. The summed E-state index contributed by atoms with van der Waals surface area (Å²) in [6, 6.07) is 59.4. The van der Waals surface area contributed by atoms with E-state index in [9.17, 15) is 0 Å². The fourth-order valence-corrected chi connectivity index (χ4v) is 8.54. The van der Waals surface area contributed by atoms with Gasteiger partial charge in [0.05, 0.1) is 11.4 Å². The monoisotopic (exact) mass is 724 g/mol. The van der Waals surface area contributed by atoms with Crippen LogP contribution in [-0.4, -0.2) is 15.0 Å². The van der Waals surface area contributed by atoms with Gasteiger partial charge in [0, 0.05) is 50.4 Å². The molecule has 0 N–H and O–H groups in total. The van der Waals surface area contributed by atoms with Crippen LogP contribution in [0.25, 0.3) is 45.3 Å². The quantitative estimate of drug-likeness (QED) is 0.177. The maximum absolute atomic E-state index is 6.91. The van der Waals surface area contributed by atoms with Gasteiger partial charge >= 0.3 is 0 Å². The van der Waals surface area contributed by atoms with Gasteiger partial charge < -0.3 is 9.64 Å². The fraction of sp³-hybridized carbons (Fsp3) is 0.118. The van der Waals surface area contributed by atoms with Gasteiger partial charge in [-0.2, -0.15) is 0 Å². The number of hydrogen-bond donors (Lipinski definition) is 0. The van der Waals surface area contributed by atoms with Crippen LogP contribution in [0.5, 0.6) is 11.5 Å². The van der Waals surface area contributed by atoms with E-state index >= 15 is 0 Å². The number of anilines is 3. The summed E-state index contributed by atoms with van der Waals surface area (Å²) < 4.78 is 6.91.